The molecule has 0 aromatic rings. The first kappa shape index (κ1) is 8.00. The SMILES string of the molecule is CCOC(=O)C1=NC(C)NO1. The Hall–Kier alpha value is -1.10. The number of nitrogens with zero attached hydrogens (tertiary/aromatic N) is 1. The summed E-state index contributed by atoms with van der Waals surface area (Å²) in [5, 5.41) is 0. The van der Waals surface area contributed by atoms with Gasteiger partial charge in [-0.3, -0.25) is 0 Å². The summed E-state index contributed by atoms with van der Waals surface area (Å²) >= 11 is 0. The second-order valence-electron chi connectivity index (χ2n) is 2.05. The zero-order chi connectivity index (χ0) is 8.27. The number of ether oxygens (including phenoxy) is 1. The van der Waals surface area contributed by atoms with Gasteiger partial charge >= 0.3 is 11.9 Å². The minimum Gasteiger partial charge on any atom is -0.459 e. The number of esters is 1. The van der Waals surface area contributed by atoms with Crippen molar-refractivity contribution in [2.45, 2.75) is 20.0 Å². The van der Waals surface area contributed by atoms with Gasteiger partial charge in [0.25, 0.3) is 0 Å². The highest BCUT2D eigenvalue weighted by molar-refractivity contribution is 6.32. The van der Waals surface area contributed by atoms with Crippen LogP contribution in [-0.4, -0.2) is 24.6 Å². The third-order valence-corrected chi connectivity index (χ3v) is 1.09. The molecule has 1 heterocycles. The van der Waals surface area contributed by atoms with Crippen molar-refractivity contribution in [3.05, 3.63) is 0 Å². The highest BCUT2D eigenvalue weighted by Crippen LogP contribution is 1.98. The summed E-state index contributed by atoms with van der Waals surface area (Å²) in [6.07, 6.45) is -0.172. The molecule has 62 valence electrons. The van der Waals surface area contributed by atoms with Crippen molar-refractivity contribution in [3.8, 4) is 0 Å². The van der Waals surface area contributed by atoms with Crippen LogP contribution in [-0.2, 0) is 14.4 Å². The molecule has 5 nitrogen and oxygen atoms in total. The third-order valence-electron chi connectivity index (χ3n) is 1.09. The lowest BCUT2D eigenvalue weighted by atomic mass is 10.6. The molecule has 1 atom stereocenters. The lowest BCUT2D eigenvalue weighted by molar-refractivity contribution is -0.136. The molecular formula is C6H10N2O3. The summed E-state index contributed by atoms with van der Waals surface area (Å²) in [5.74, 6) is -0.524. The van der Waals surface area contributed by atoms with Gasteiger partial charge in [0, 0.05) is 0 Å². The van der Waals surface area contributed by atoms with E-state index in [1.54, 1.807) is 13.8 Å². The molecule has 1 aliphatic rings. The van der Waals surface area contributed by atoms with Gasteiger partial charge in [-0.1, -0.05) is 0 Å². The zero-order valence-corrected chi connectivity index (χ0v) is 6.46. The molecule has 0 aromatic heterocycles. The van der Waals surface area contributed by atoms with Gasteiger partial charge in [-0.05, 0) is 13.8 Å². The Morgan fingerprint density at radius 1 is 1.91 bits per heavy atom. The molecule has 5 heteroatoms. The zero-order valence-electron chi connectivity index (χ0n) is 6.46. The predicted molar refractivity (Wildman–Crippen MR) is 37.8 cm³/mol. The maximum absolute atomic E-state index is 10.9. The summed E-state index contributed by atoms with van der Waals surface area (Å²) in [5.41, 5.74) is 2.50. The van der Waals surface area contributed by atoms with Gasteiger partial charge in [-0.15, -0.1) is 5.48 Å². The number of rotatable bonds is 2. The van der Waals surface area contributed by atoms with Gasteiger partial charge in [-0.2, -0.15) is 0 Å². The van der Waals surface area contributed by atoms with Crippen LogP contribution in [0.25, 0.3) is 0 Å². The first-order valence-electron chi connectivity index (χ1n) is 3.41. The van der Waals surface area contributed by atoms with Crippen molar-refractivity contribution < 1.29 is 14.4 Å². The smallest absolute Gasteiger partial charge is 0.396 e. The van der Waals surface area contributed by atoms with Gasteiger partial charge < -0.3 is 9.57 Å². The lowest BCUT2D eigenvalue weighted by Crippen LogP contribution is -2.22. The largest absolute Gasteiger partial charge is 0.459 e. The number of carbonyl (C=O) groups excluding carboxylic acids is 1. The Kier molecular flexibility index (Phi) is 2.43. The average Bonchev–Trinajstić information content (AvgIpc) is 2.36. The van der Waals surface area contributed by atoms with Gasteiger partial charge in [0.2, 0.25) is 0 Å². The molecule has 0 bridgehead atoms. The number of nitrogens with one attached hydrogen (secondary N) is 1. The van der Waals surface area contributed by atoms with E-state index >= 15 is 0 Å². The van der Waals surface area contributed by atoms with Gasteiger partial charge in [0.05, 0.1) is 6.61 Å². The molecule has 0 saturated heterocycles. The second-order valence-corrected chi connectivity index (χ2v) is 2.05. The molecule has 0 fully saturated rings. The molecule has 0 spiro atoms. The summed E-state index contributed by atoms with van der Waals surface area (Å²) in [6, 6.07) is 0. The van der Waals surface area contributed by atoms with Crippen molar-refractivity contribution in [1.29, 1.82) is 0 Å². The van der Waals surface area contributed by atoms with Crippen LogP contribution >= 0.6 is 0 Å². The molecule has 1 rings (SSSR count). The maximum Gasteiger partial charge on any atom is 0.396 e. The van der Waals surface area contributed by atoms with E-state index in [1.807, 2.05) is 0 Å². The molecule has 0 radical (unpaired) electrons. The number of hydroxylamine groups is 1. The number of carbonyl (C=O) groups is 1. The van der Waals surface area contributed by atoms with Crippen LogP contribution in [0, 0.1) is 0 Å². The number of hydrogen-bond acceptors (Lipinski definition) is 5. The minimum atomic E-state index is -0.524. The van der Waals surface area contributed by atoms with Gasteiger partial charge in [0.1, 0.15) is 6.17 Å². The van der Waals surface area contributed by atoms with Crippen molar-refractivity contribution in [1.82, 2.24) is 5.48 Å². The van der Waals surface area contributed by atoms with E-state index < -0.39 is 5.97 Å². The van der Waals surface area contributed by atoms with Crippen molar-refractivity contribution in [2.75, 3.05) is 6.61 Å². The molecule has 0 aliphatic carbocycles. The Morgan fingerprint density at radius 3 is 3.09 bits per heavy atom. The van der Waals surface area contributed by atoms with E-state index in [4.69, 9.17) is 4.84 Å². The fourth-order valence-electron chi connectivity index (χ4n) is 0.657. The van der Waals surface area contributed by atoms with E-state index in [0.717, 1.165) is 0 Å². The monoisotopic (exact) mass is 158 g/mol. The Balaban J connectivity index is 2.48. The van der Waals surface area contributed by atoms with Crippen LogP contribution < -0.4 is 5.48 Å². The maximum atomic E-state index is 10.9. The van der Waals surface area contributed by atoms with Crippen molar-refractivity contribution in [2.24, 2.45) is 4.99 Å². The van der Waals surface area contributed by atoms with E-state index in [0.29, 0.717) is 6.61 Å². The van der Waals surface area contributed by atoms with Crippen LogP contribution in [0.2, 0.25) is 0 Å². The summed E-state index contributed by atoms with van der Waals surface area (Å²) in [6.45, 7) is 3.83. The van der Waals surface area contributed by atoms with Crippen LogP contribution in [0.15, 0.2) is 4.99 Å². The third kappa shape index (κ3) is 1.91. The van der Waals surface area contributed by atoms with Gasteiger partial charge in [-0.25, -0.2) is 9.79 Å². The molecule has 11 heavy (non-hydrogen) atoms. The molecule has 0 saturated carbocycles. The highest BCUT2D eigenvalue weighted by atomic mass is 16.7. The number of aliphatic imine (C=N–C) groups is 1. The Labute approximate surface area is 64.3 Å². The standard InChI is InChI=1S/C6H10N2O3/c1-3-10-6(9)5-7-4(2)8-11-5/h4,8H,3H2,1-2H3. The van der Waals surface area contributed by atoms with Crippen molar-refractivity contribution >= 4 is 11.9 Å². The van der Waals surface area contributed by atoms with Gasteiger partial charge in [0.15, 0.2) is 0 Å². The van der Waals surface area contributed by atoms with E-state index in [-0.39, 0.29) is 12.1 Å². The fourth-order valence-corrected chi connectivity index (χ4v) is 0.657. The summed E-state index contributed by atoms with van der Waals surface area (Å²) < 4.78 is 4.64. The first-order valence-corrected chi connectivity index (χ1v) is 3.41. The topological polar surface area (TPSA) is 59.9 Å². The summed E-state index contributed by atoms with van der Waals surface area (Å²) in [7, 11) is 0. The fraction of sp³-hybridized carbons (Fsp3) is 0.667. The van der Waals surface area contributed by atoms with E-state index in [2.05, 4.69) is 15.2 Å². The predicted octanol–water partition coefficient (Wildman–Crippen LogP) is -0.171. The van der Waals surface area contributed by atoms with Crippen molar-refractivity contribution in [3.63, 3.8) is 0 Å². The Bertz CT molecular complexity index is 190. The normalized spacial score (nSPS) is 22.4. The molecule has 0 amide bonds. The first-order chi connectivity index (χ1) is 5.24. The molecule has 1 N–H and O–H groups in total. The van der Waals surface area contributed by atoms with E-state index in [9.17, 15) is 4.79 Å². The van der Waals surface area contributed by atoms with Crippen LogP contribution in [0.3, 0.4) is 0 Å². The molecular weight excluding hydrogens is 148 g/mol. The van der Waals surface area contributed by atoms with E-state index in [1.165, 1.54) is 0 Å². The van der Waals surface area contributed by atoms with Crippen LogP contribution in [0.4, 0.5) is 0 Å². The molecule has 1 aliphatic heterocycles. The second kappa shape index (κ2) is 3.34. The average molecular weight is 158 g/mol. The quantitative estimate of drug-likeness (QED) is 0.567. The molecule has 0 aromatic carbocycles. The minimum absolute atomic E-state index is 0.000602. The Morgan fingerprint density at radius 2 is 2.64 bits per heavy atom. The number of hydrogen-bond donors (Lipinski definition) is 1. The summed E-state index contributed by atoms with van der Waals surface area (Å²) in [4.78, 5) is 19.4. The van der Waals surface area contributed by atoms with Crippen LogP contribution in [0.5, 0.6) is 0 Å². The van der Waals surface area contributed by atoms with Crippen LogP contribution in [0.1, 0.15) is 13.8 Å². The highest BCUT2D eigenvalue weighted by Gasteiger charge is 2.22. The lowest BCUT2D eigenvalue weighted by Gasteiger charge is -1.98. The molecule has 1 unspecified atom stereocenters.